The number of amides is 1. The Bertz CT molecular complexity index is 472. The van der Waals surface area contributed by atoms with Crippen molar-refractivity contribution in [3.8, 4) is 0 Å². The monoisotopic (exact) mass is 280 g/mol. The molecule has 20 heavy (non-hydrogen) atoms. The normalized spacial score (nSPS) is 27.9. The van der Waals surface area contributed by atoms with Crippen LogP contribution in [-0.4, -0.2) is 46.3 Å². The van der Waals surface area contributed by atoms with Crippen molar-refractivity contribution in [1.82, 2.24) is 15.1 Å². The maximum Gasteiger partial charge on any atom is 0.243 e. The number of likely N-dealkylation sites (N-methyl/N-ethyl adjacent to an activating group) is 1. The van der Waals surface area contributed by atoms with E-state index in [2.05, 4.69) is 10.2 Å². The van der Waals surface area contributed by atoms with Gasteiger partial charge >= 0.3 is 0 Å². The minimum atomic E-state index is -0.856. The van der Waals surface area contributed by atoms with Gasteiger partial charge in [-0.2, -0.15) is 5.10 Å². The van der Waals surface area contributed by atoms with Crippen molar-refractivity contribution < 1.29 is 9.53 Å². The van der Waals surface area contributed by atoms with Gasteiger partial charge in [-0.15, -0.1) is 0 Å². The topological polar surface area (TPSA) is 84.2 Å². The van der Waals surface area contributed by atoms with Crippen LogP contribution in [0.3, 0.4) is 0 Å². The quantitative estimate of drug-likeness (QED) is 0.839. The molecular formula is C14H24N4O2. The average molecular weight is 280 g/mol. The van der Waals surface area contributed by atoms with Crippen molar-refractivity contribution >= 4 is 5.91 Å². The molecule has 0 aromatic carbocycles. The van der Waals surface area contributed by atoms with Gasteiger partial charge in [-0.25, -0.2) is 0 Å². The van der Waals surface area contributed by atoms with Gasteiger partial charge in [-0.3, -0.25) is 9.89 Å². The van der Waals surface area contributed by atoms with Gasteiger partial charge in [-0.05, 0) is 6.92 Å². The highest BCUT2D eigenvalue weighted by atomic mass is 16.5. The average Bonchev–Trinajstić information content (AvgIpc) is 2.90. The molecule has 0 radical (unpaired) electrons. The predicted molar refractivity (Wildman–Crippen MR) is 75.8 cm³/mol. The second-order valence-corrected chi connectivity index (χ2v) is 6.11. The zero-order valence-corrected chi connectivity index (χ0v) is 12.6. The van der Waals surface area contributed by atoms with Crippen molar-refractivity contribution in [2.75, 3.05) is 13.7 Å². The van der Waals surface area contributed by atoms with E-state index in [1.54, 1.807) is 24.3 Å². The summed E-state index contributed by atoms with van der Waals surface area (Å²) in [5, 5.41) is 6.62. The standard InChI is InChI=1S/C14H24N4O2/c1-5-20-11-6-14(15,13(11,2)3)12(19)18(4)9-10-7-16-17-8-10/h7-8,11H,5-6,9,15H2,1-4H3,(H,16,17). The van der Waals surface area contributed by atoms with E-state index >= 15 is 0 Å². The van der Waals surface area contributed by atoms with E-state index in [9.17, 15) is 4.79 Å². The van der Waals surface area contributed by atoms with E-state index in [4.69, 9.17) is 10.5 Å². The van der Waals surface area contributed by atoms with Gasteiger partial charge in [-0.1, -0.05) is 13.8 Å². The van der Waals surface area contributed by atoms with Crippen LogP contribution in [0.5, 0.6) is 0 Å². The van der Waals surface area contributed by atoms with Gasteiger partial charge in [0.05, 0.1) is 12.3 Å². The molecule has 0 spiro atoms. The largest absolute Gasteiger partial charge is 0.378 e. The first-order valence-corrected chi connectivity index (χ1v) is 6.96. The molecule has 1 heterocycles. The van der Waals surface area contributed by atoms with Crippen LogP contribution in [0.1, 0.15) is 32.8 Å². The van der Waals surface area contributed by atoms with Crippen molar-refractivity contribution in [3.05, 3.63) is 18.0 Å². The summed E-state index contributed by atoms with van der Waals surface area (Å²) in [6.07, 6.45) is 4.11. The molecule has 1 fully saturated rings. The molecule has 1 amide bonds. The second-order valence-electron chi connectivity index (χ2n) is 6.11. The van der Waals surface area contributed by atoms with Gasteiger partial charge in [0.1, 0.15) is 5.54 Å². The minimum absolute atomic E-state index is 0.0420. The molecule has 0 saturated heterocycles. The molecule has 1 saturated carbocycles. The van der Waals surface area contributed by atoms with E-state index < -0.39 is 5.54 Å². The van der Waals surface area contributed by atoms with E-state index in [1.165, 1.54) is 0 Å². The van der Waals surface area contributed by atoms with Crippen LogP contribution in [0.25, 0.3) is 0 Å². The maximum absolute atomic E-state index is 12.7. The molecule has 2 atom stereocenters. The predicted octanol–water partition coefficient (Wildman–Crippen LogP) is 0.901. The first-order chi connectivity index (χ1) is 9.33. The van der Waals surface area contributed by atoms with Gasteiger partial charge in [0, 0.05) is 43.8 Å². The number of nitrogens with one attached hydrogen (secondary N) is 1. The van der Waals surface area contributed by atoms with Crippen LogP contribution in [0.4, 0.5) is 0 Å². The van der Waals surface area contributed by atoms with E-state index in [-0.39, 0.29) is 17.4 Å². The molecule has 1 aromatic rings. The Morgan fingerprint density at radius 3 is 2.85 bits per heavy atom. The number of nitrogens with zero attached hydrogens (tertiary/aromatic N) is 2. The molecule has 2 unspecified atom stereocenters. The first-order valence-electron chi connectivity index (χ1n) is 6.96. The summed E-state index contributed by atoms with van der Waals surface area (Å²) in [6.45, 7) is 7.10. The van der Waals surface area contributed by atoms with Crippen LogP contribution in [0.15, 0.2) is 12.4 Å². The number of rotatable bonds is 5. The highest BCUT2D eigenvalue weighted by molar-refractivity contribution is 5.88. The van der Waals surface area contributed by atoms with Crippen LogP contribution in [0, 0.1) is 5.41 Å². The lowest BCUT2D eigenvalue weighted by atomic mass is 9.54. The van der Waals surface area contributed by atoms with Crippen LogP contribution in [0.2, 0.25) is 0 Å². The second kappa shape index (κ2) is 5.18. The Kier molecular flexibility index (Phi) is 3.88. The summed E-state index contributed by atoms with van der Waals surface area (Å²) in [5.74, 6) is -0.0420. The molecule has 1 aliphatic carbocycles. The number of carbonyl (C=O) groups is 1. The van der Waals surface area contributed by atoms with Crippen molar-refractivity contribution in [3.63, 3.8) is 0 Å². The Labute approximate surface area is 119 Å². The fraction of sp³-hybridized carbons (Fsp3) is 0.714. The Balaban J connectivity index is 2.05. The maximum atomic E-state index is 12.7. The fourth-order valence-electron chi connectivity index (χ4n) is 2.85. The lowest BCUT2D eigenvalue weighted by molar-refractivity contribution is -0.178. The molecular weight excluding hydrogens is 256 g/mol. The van der Waals surface area contributed by atoms with Gasteiger partial charge in [0.2, 0.25) is 5.91 Å². The van der Waals surface area contributed by atoms with Gasteiger partial charge in [0.25, 0.3) is 0 Å². The lowest BCUT2D eigenvalue weighted by Crippen LogP contribution is -2.75. The Morgan fingerprint density at radius 1 is 1.65 bits per heavy atom. The molecule has 2 rings (SSSR count). The summed E-state index contributed by atoms with van der Waals surface area (Å²) in [6, 6.07) is 0. The highest BCUT2D eigenvalue weighted by Crippen LogP contribution is 2.50. The third-order valence-corrected chi connectivity index (χ3v) is 4.53. The SMILES string of the molecule is CCOC1CC(N)(C(=O)N(C)Cc2cn[nH]c2)C1(C)C. The number of aromatic nitrogens is 2. The molecule has 0 aliphatic heterocycles. The number of hydrogen-bond donors (Lipinski definition) is 2. The van der Waals surface area contributed by atoms with Gasteiger partial charge < -0.3 is 15.4 Å². The minimum Gasteiger partial charge on any atom is -0.378 e. The summed E-state index contributed by atoms with van der Waals surface area (Å²) in [7, 11) is 1.77. The number of nitrogens with two attached hydrogens (primary N) is 1. The Hall–Kier alpha value is -1.40. The number of aromatic amines is 1. The Morgan fingerprint density at radius 2 is 2.35 bits per heavy atom. The zero-order chi connectivity index (χ0) is 15.0. The van der Waals surface area contributed by atoms with E-state index in [0.29, 0.717) is 19.6 Å². The summed E-state index contributed by atoms with van der Waals surface area (Å²) in [5.41, 5.74) is 6.13. The number of hydrogen-bond acceptors (Lipinski definition) is 4. The summed E-state index contributed by atoms with van der Waals surface area (Å²) >= 11 is 0. The third kappa shape index (κ3) is 2.23. The lowest BCUT2D eigenvalue weighted by Gasteiger charge is -2.58. The third-order valence-electron chi connectivity index (χ3n) is 4.53. The summed E-state index contributed by atoms with van der Waals surface area (Å²) in [4.78, 5) is 14.3. The van der Waals surface area contributed by atoms with Crippen molar-refractivity contribution in [2.45, 2.75) is 45.4 Å². The molecule has 6 heteroatoms. The van der Waals surface area contributed by atoms with E-state index in [0.717, 1.165) is 5.56 Å². The van der Waals surface area contributed by atoms with E-state index in [1.807, 2.05) is 20.8 Å². The summed E-state index contributed by atoms with van der Waals surface area (Å²) < 4.78 is 5.66. The smallest absolute Gasteiger partial charge is 0.243 e. The molecule has 1 aliphatic rings. The number of ether oxygens (including phenoxy) is 1. The van der Waals surface area contributed by atoms with Gasteiger partial charge in [0.15, 0.2) is 0 Å². The van der Waals surface area contributed by atoms with Crippen LogP contribution in [-0.2, 0) is 16.1 Å². The fourth-order valence-corrected chi connectivity index (χ4v) is 2.85. The molecule has 0 bridgehead atoms. The molecule has 3 N–H and O–H groups in total. The van der Waals surface area contributed by atoms with Crippen LogP contribution < -0.4 is 5.73 Å². The molecule has 6 nitrogen and oxygen atoms in total. The number of carbonyl (C=O) groups excluding carboxylic acids is 1. The zero-order valence-electron chi connectivity index (χ0n) is 12.6. The number of H-pyrrole nitrogens is 1. The highest BCUT2D eigenvalue weighted by Gasteiger charge is 2.63. The molecule has 112 valence electrons. The molecule has 1 aromatic heterocycles. The van der Waals surface area contributed by atoms with Crippen molar-refractivity contribution in [2.24, 2.45) is 11.1 Å². The van der Waals surface area contributed by atoms with Crippen molar-refractivity contribution in [1.29, 1.82) is 0 Å². The first kappa shape index (κ1) is 15.0. The van der Waals surface area contributed by atoms with Crippen LogP contribution >= 0.6 is 0 Å².